The molecule has 0 saturated heterocycles. The normalized spacial score (nSPS) is 12.0. The van der Waals surface area contributed by atoms with Gasteiger partial charge in [-0.25, -0.2) is 0 Å². The Labute approximate surface area is 46.8 Å². The van der Waals surface area contributed by atoms with E-state index in [1.54, 1.807) is 0 Å². The number of rotatable bonds is 3. The van der Waals surface area contributed by atoms with Gasteiger partial charge < -0.3 is 4.74 Å². The number of ether oxygens (including phenoxy) is 1. The van der Waals surface area contributed by atoms with Gasteiger partial charge in [-0.15, -0.1) is 0 Å². The first kappa shape index (κ1) is 7.78. The first-order valence-electron chi connectivity index (χ1n) is 2.22. The lowest BCUT2D eigenvalue weighted by Crippen LogP contribution is -2.22. The zero-order valence-electron chi connectivity index (χ0n) is 4.87. The summed E-state index contributed by atoms with van der Waals surface area (Å²) in [6.07, 6.45) is -3.01. The van der Waals surface area contributed by atoms with Crippen molar-refractivity contribution in [1.82, 2.24) is 5.32 Å². The van der Waals surface area contributed by atoms with E-state index >= 15 is 0 Å². The van der Waals surface area contributed by atoms with Crippen molar-refractivity contribution in [1.29, 1.82) is 0 Å². The van der Waals surface area contributed by atoms with Crippen LogP contribution in [0.5, 0.6) is 0 Å². The predicted octanol–water partition coefficient (Wildman–Crippen LogP) is 0.793. The Morgan fingerprint density at radius 2 is 2.12 bits per heavy atom. The van der Waals surface area contributed by atoms with E-state index in [2.05, 4.69) is 10.1 Å². The molecule has 1 N–H and O–H groups in total. The largest absolute Gasteiger partial charge is 0.354 e. The van der Waals surface area contributed by atoms with Gasteiger partial charge in [0.05, 0.1) is 0 Å². The maximum absolute atomic E-state index is 11.6. The van der Waals surface area contributed by atoms with Crippen molar-refractivity contribution in [3.05, 3.63) is 0 Å². The molecule has 8 heavy (non-hydrogen) atoms. The average molecular weight is 125 g/mol. The first-order valence-corrected chi connectivity index (χ1v) is 2.22. The summed E-state index contributed by atoms with van der Waals surface area (Å²) in [5, 5.41) is 2.42. The van der Waals surface area contributed by atoms with E-state index in [1.165, 1.54) is 7.05 Å². The van der Waals surface area contributed by atoms with E-state index in [1.807, 2.05) is 0 Å². The van der Waals surface area contributed by atoms with Crippen LogP contribution in [0.2, 0.25) is 0 Å². The molecule has 0 saturated carbocycles. The van der Waals surface area contributed by atoms with E-state index in [9.17, 15) is 8.78 Å². The lowest BCUT2D eigenvalue weighted by molar-refractivity contribution is -0.226. The van der Waals surface area contributed by atoms with Gasteiger partial charge in [-0.2, -0.15) is 8.78 Å². The Bertz CT molecular complexity index is 61.5. The molecule has 50 valence electrons. The predicted molar refractivity (Wildman–Crippen MR) is 25.6 cm³/mol. The molecular formula is C4H9F2NO. The molecule has 0 rings (SSSR count). The van der Waals surface area contributed by atoms with Gasteiger partial charge in [-0.3, -0.25) is 5.32 Å². The maximum atomic E-state index is 11.6. The molecule has 0 aliphatic rings. The van der Waals surface area contributed by atoms with E-state index in [-0.39, 0.29) is 6.73 Å². The van der Waals surface area contributed by atoms with Crippen LogP contribution in [-0.2, 0) is 4.74 Å². The summed E-state index contributed by atoms with van der Waals surface area (Å²) in [6.45, 7) is 0.577. The highest BCUT2D eigenvalue weighted by atomic mass is 19.3. The molecule has 0 bridgehead atoms. The van der Waals surface area contributed by atoms with Crippen molar-refractivity contribution in [3.63, 3.8) is 0 Å². The summed E-state index contributed by atoms with van der Waals surface area (Å²) in [5.74, 6) is 0. The third-order valence-corrected chi connectivity index (χ3v) is 0.470. The van der Waals surface area contributed by atoms with Crippen LogP contribution in [0.15, 0.2) is 0 Å². The molecule has 0 atom stereocenters. The highest BCUT2D eigenvalue weighted by Crippen LogP contribution is 2.11. The molecule has 2 nitrogen and oxygen atoms in total. The lowest BCUT2D eigenvalue weighted by Gasteiger charge is -2.09. The SMILES string of the molecule is CNCOC(C)(F)F. The van der Waals surface area contributed by atoms with Crippen LogP contribution in [0.4, 0.5) is 8.78 Å². The Balaban J connectivity index is 3.11. The summed E-state index contributed by atoms with van der Waals surface area (Å²) < 4.78 is 27.2. The fourth-order valence-corrected chi connectivity index (χ4v) is 0.199. The van der Waals surface area contributed by atoms with Crippen LogP contribution in [0, 0.1) is 0 Å². The van der Waals surface area contributed by atoms with E-state index in [0.717, 1.165) is 0 Å². The van der Waals surface area contributed by atoms with Crippen molar-refractivity contribution in [2.75, 3.05) is 13.8 Å². The summed E-state index contributed by atoms with van der Waals surface area (Å²) in [4.78, 5) is 0. The first-order chi connectivity index (χ1) is 3.56. The van der Waals surface area contributed by atoms with Crippen molar-refractivity contribution >= 4 is 0 Å². The zero-order valence-corrected chi connectivity index (χ0v) is 4.87. The van der Waals surface area contributed by atoms with Gasteiger partial charge in [-0.05, 0) is 7.05 Å². The number of nitrogens with one attached hydrogen (secondary N) is 1. The number of alkyl halides is 2. The molecule has 0 amide bonds. The second kappa shape index (κ2) is 2.94. The van der Waals surface area contributed by atoms with Gasteiger partial charge >= 0.3 is 6.11 Å². The Morgan fingerprint density at radius 3 is 2.25 bits per heavy atom. The second-order valence-corrected chi connectivity index (χ2v) is 1.45. The van der Waals surface area contributed by atoms with Gasteiger partial charge in [0.25, 0.3) is 0 Å². The molecule has 0 aliphatic heterocycles. The maximum Gasteiger partial charge on any atom is 0.354 e. The fraction of sp³-hybridized carbons (Fsp3) is 1.00. The third kappa shape index (κ3) is 5.78. The zero-order chi connectivity index (χ0) is 6.62. The van der Waals surface area contributed by atoms with Gasteiger partial charge in [0.2, 0.25) is 0 Å². The smallest absolute Gasteiger partial charge is 0.305 e. The molecule has 4 heteroatoms. The second-order valence-electron chi connectivity index (χ2n) is 1.45. The minimum Gasteiger partial charge on any atom is -0.305 e. The fourth-order valence-electron chi connectivity index (χ4n) is 0.199. The minimum atomic E-state index is -3.01. The van der Waals surface area contributed by atoms with Gasteiger partial charge in [-0.1, -0.05) is 0 Å². The van der Waals surface area contributed by atoms with Crippen molar-refractivity contribution in [2.45, 2.75) is 13.0 Å². The molecular weight excluding hydrogens is 116 g/mol. The van der Waals surface area contributed by atoms with E-state index in [4.69, 9.17) is 0 Å². The van der Waals surface area contributed by atoms with Crippen LogP contribution in [-0.4, -0.2) is 19.9 Å². The van der Waals surface area contributed by atoms with Crippen LogP contribution in [0.1, 0.15) is 6.92 Å². The quantitative estimate of drug-likeness (QED) is 0.563. The molecule has 0 aromatic rings. The molecule has 0 heterocycles. The number of hydrogen-bond acceptors (Lipinski definition) is 2. The summed E-state index contributed by atoms with van der Waals surface area (Å²) in [5.41, 5.74) is 0. The lowest BCUT2D eigenvalue weighted by atomic mass is 10.7. The van der Waals surface area contributed by atoms with E-state index < -0.39 is 6.11 Å². The van der Waals surface area contributed by atoms with Gasteiger partial charge in [0.1, 0.15) is 6.73 Å². The summed E-state index contributed by atoms with van der Waals surface area (Å²) >= 11 is 0. The molecule has 0 aromatic carbocycles. The van der Waals surface area contributed by atoms with Crippen LogP contribution < -0.4 is 5.32 Å². The van der Waals surface area contributed by atoms with Crippen molar-refractivity contribution in [3.8, 4) is 0 Å². The molecule has 0 aromatic heterocycles. The Morgan fingerprint density at radius 1 is 1.62 bits per heavy atom. The van der Waals surface area contributed by atoms with Gasteiger partial charge in [0.15, 0.2) is 0 Å². The Hall–Kier alpha value is -0.220. The molecule has 0 spiro atoms. The molecule has 0 radical (unpaired) electrons. The van der Waals surface area contributed by atoms with Crippen LogP contribution in [0.25, 0.3) is 0 Å². The molecule has 0 unspecified atom stereocenters. The molecule has 0 aliphatic carbocycles. The highest BCUT2D eigenvalue weighted by molar-refractivity contribution is 4.35. The topological polar surface area (TPSA) is 21.3 Å². The minimum absolute atomic E-state index is 0.122. The van der Waals surface area contributed by atoms with E-state index in [0.29, 0.717) is 6.92 Å². The van der Waals surface area contributed by atoms with Crippen LogP contribution in [0.3, 0.4) is 0 Å². The van der Waals surface area contributed by atoms with Crippen LogP contribution >= 0.6 is 0 Å². The molecule has 0 fully saturated rings. The summed E-state index contributed by atoms with van der Waals surface area (Å²) in [6, 6.07) is 0. The van der Waals surface area contributed by atoms with Crippen molar-refractivity contribution < 1.29 is 13.5 Å². The number of halogens is 2. The highest BCUT2D eigenvalue weighted by Gasteiger charge is 2.20. The average Bonchev–Trinajstić information content (AvgIpc) is 1.59. The summed E-state index contributed by atoms with van der Waals surface area (Å²) in [7, 11) is 1.53. The third-order valence-electron chi connectivity index (χ3n) is 0.470. The Kier molecular flexibility index (Phi) is 2.86. The standard InChI is InChI=1S/C4H9F2NO/c1-4(5,6)8-3-7-2/h7H,3H2,1-2H3. The monoisotopic (exact) mass is 125 g/mol. The number of hydrogen-bond donors (Lipinski definition) is 1. The van der Waals surface area contributed by atoms with Gasteiger partial charge in [0, 0.05) is 6.92 Å². The van der Waals surface area contributed by atoms with Crippen molar-refractivity contribution in [2.24, 2.45) is 0 Å².